The Bertz CT molecular complexity index is 1630. The fraction of sp³-hybridized carbons (Fsp3) is 0.367. The maximum Gasteiger partial charge on any atom is 0.338 e. The lowest BCUT2D eigenvalue weighted by atomic mass is 9.81. The molecule has 238 valence electrons. The molecule has 0 saturated heterocycles. The van der Waals surface area contributed by atoms with Crippen LogP contribution in [0.25, 0.3) is 0 Å². The summed E-state index contributed by atoms with van der Waals surface area (Å²) >= 11 is 1.33. The van der Waals surface area contributed by atoms with Crippen molar-refractivity contribution in [2.24, 2.45) is 0 Å². The van der Waals surface area contributed by atoms with E-state index in [0.29, 0.717) is 55.9 Å². The van der Waals surface area contributed by atoms with E-state index in [9.17, 15) is 19.1 Å². The third kappa shape index (κ3) is 8.19. The molecule has 3 heterocycles. The number of amides is 1. The van der Waals surface area contributed by atoms with E-state index in [4.69, 9.17) is 18.9 Å². The van der Waals surface area contributed by atoms with Crippen LogP contribution in [-0.2, 0) is 39.4 Å². The van der Waals surface area contributed by atoms with Gasteiger partial charge in [-0.15, -0.1) is 16.4 Å². The molecule has 4 aromatic rings. The van der Waals surface area contributed by atoms with Gasteiger partial charge in [-0.25, -0.2) is 18.9 Å². The first-order valence-corrected chi connectivity index (χ1v) is 15.0. The quantitative estimate of drug-likeness (QED) is 0.161. The number of carboxylic acid groups (broad SMARTS) is 1. The van der Waals surface area contributed by atoms with E-state index in [0.717, 1.165) is 23.3 Å². The van der Waals surface area contributed by atoms with Crippen LogP contribution in [0.5, 0.6) is 17.2 Å². The average molecular weight is 641 g/mol. The molecule has 0 unspecified atom stereocenters. The van der Waals surface area contributed by atoms with Crippen LogP contribution in [0.1, 0.15) is 40.5 Å². The van der Waals surface area contributed by atoms with Crippen LogP contribution in [0.4, 0.5) is 9.52 Å². The molecule has 0 spiro atoms. The summed E-state index contributed by atoms with van der Waals surface area (Å²) in [6.45, 7) is 4.38. The van der Waals surface area contributed by atoms with Gasteiger partial charge in [-0.05, 0) is 48.7 Å². The zero-order valence-corrected chi connectivity index (χ0v) is 25.6. The van der Waals surface area contributed by atoms with Crippen molar-refractivity contribution in [2.45, 2.75) is 38.5 Å². The predicted octanol–water partition coefficient (Wildman–Crippen LogP) is 4.00. The average Bonchev–Trinajstić information content (AvgIpc) is 3.68. The first-order valence-electron chi connectivity index (χ1n) is 14.1. The number of rotatable bonds is 15. The molecular formula is C30H33FN6O7S. The van der Waals surface area contributed by atoms with Gasteiger partial charge in [0.2, 0.25) is 5.91 Å². The Balaban J connectivity index is 1.37. The molecule has 3 N–H and O–H groups in total. The number of anilines is 1. The molecular weight excluding hydrogens is 607 g/mol. The van der Waals surface area contributed by atoms with Crippen LogP contribution in [0.2, 0.25) is 0 Å². The lowest BCUT2D eigenvalue weighted by Crippen LogP contribution is -2.47. The van der Waals surface area contributed by atoms with Crippen LogP contribution in [0.3, 0.4) is 0 Å². The highest BCUT2D eigenvalue weighted by atomic mass is 32.1. The van der Waals surface area contributed by atoms with Crippen molar-refractivity contribution in [1.29, 1.82) is 0 Å². The summed E-state index contributed by atoms with van der Waals surface area (Å²) in [5.74, 6) is -1.76. The molecule has 15 heteroatoms. The van der Waals surface area contributed by atoms with Gasteiger partial charge in [-0.2, -0.15) is 0 Å². The molecule has 0 bridgehead atoms. The summed E-state index contributed by atoms with van der Waals surface area (Å²) in [6, 6.07) is 7.17. The molecule has 2 aromatic carbocycles. The molecule has 0 saturated carbocycles. The van der Waals surface area contributed by atoms with Gasteiger partial charge in [0.05, 0.1) is 38.1 Å². The van der Waals surface area contributed by atoms with E-state index in [2.05, 4.69) is 25.9 Å². The second-order valence-electron chi connectivity index (χ2n) is 10.4. The number of carbonyl (C=O) groups is 2. The molecule has 1 aliphatic heterocycles. The van der Waals surface area contributed by atoms with E-state index in [-0.39, 0.29) is 30.4 Å². The van der Waals surface area contributed by atoms with Crippen molar-refractivity contribution in [3.8, 4) is 17.2 Å². The number of halogens is 1. The Morgan fingerprint density at radius 3 is 2.82 bits per heavy atom. The number of carboxylic acids is 1. The number of fused-ring (bicyclic) bond motifs is 1. The van der Waals surface area contributed by atoms with E-state index < -0.39 is 22.9 Å². The Morgan fingerprint density at radius 1 is 1.20 bits per heavy atom. The fourth-order valence-corrected chi connectivity index (χ4v) is 5.50. The highest BCUT2D eigenvalue weighted by Gasteiger charge is 2.35. The van der Waals surface area contributed by atoms with Crippen molar-refractivity contribution in [2.75, 3.05) is 38.8 Å². The third-order valence-electron chi connectivity index (χ3n) is 7.11. The molecule has 45 heavy (non-hydrogen) atoms. The summed E-state index contributed by atoms with van der Waals surface area (Å²) in [6.07, 6.45) is 4.17. The number of benzene rings is 2. The van der Waals surface area contributed by atoms with E-state index in [1.165, 1.54) is 17.4 Å². The minimum atomic E-state index is -1.38. The molecule has 13 nitrogen and oxygen atoms in total. The van der Waals surface area contributed by atoms with E-state index in [1.54, 1.807) is 35.6 Å². The number of nitrogens with one attached hydrogen (secondary N) is 2. The fourth-order valence-electron chi connectivity index (χ4n) is 4.95. The van der Waals surface area contributed by atoms with Crippen molar-refractivity contribution < 1.29 is 38.0 Å². The molecule has 0 aliphatic carbocycles. The van der Waals surface area contributed by atoms with Gasteiger partial charge in [-0.3, -0.25) is 4.79 Å². The number of hydrogen-bond acceptors (Lipinski definition) is 11. The van der Waals surface area contributed by atoms with Gasteiger partial charge < -0.3 is 34.7 Å². The summed E-state index contributed by atoms with van der Waals surface area (Å²) in [5, 5.41) is 26.0. The Hall–Kier alpha value is -4.44. The normalized spacial score (nSPS) is 15.8. The number of carbonyl (C=O) groups excluding carboxylic acids is 1. The molecule has 0 fully saturated rings. The minimum absolute atomic E-state index is 0.0867. The van der Waals surface area contributed by atoms with Crippen LogP contribution in [0, 0.1) is 5.82 Å². The number of thiazole rings is 1. The van der Waals surface area contributed by atoms with Gasteiger partial charge in [0.15, 0.2) is 16.6 Å². The number of aromatic carboxylic acids is 1. The highest BCUT2D eigenvalue weighted by Crippen LogP contribution is 2.41. The number of ether oxygens (including phenoxy) is 4. The number of hydrogen-bond donors (Lipinski definition) is 3. The molecule has 1 aliphatic rings. The zero-order valence-electron chi connectivity index (χ0n) is 24.7. The van der Waals surface area contributed by atoms with Crippen LogP contribution < -0.4 is 20.1 Å². The van der Waals surface area contributed by atoms with E-state index >= 15 is 0 Å². The van der Waals surface area contributed by atoms with Crippen molar-refractivity contribution in [1.82, 2.24) is 25.3 Å². The lowest BCUT2D eigenvalue weighted by molar-refractivity contribution is -0.117. The molecule has 2 aromatic heterocycles. The van der Waals surface area contributed by atoms with Gasteiger partial charge in [-0.1, -0.05) is 5.21 Å². The maximum atomic E-state index is 14.5. The summed E-state index contributed by atoms with van der Waals surface area (Å²) in [7, 11) is 1.60. The smallest absolute Gasteiger partial charge is 0.338 e. The standard InChI is InChI=1S/C30H33FN6O7S/c1-30(16-27(38)34-29-32-7-12-45-29)23-15-26(44-21-3-4-22(28(39)40)24(31)14-21)25(13-19(23)5-6-33-30)43-9-8-37-17-20(35-36-37)18-42-11-10-41-2/h3-4,7,12-15,17,33H,5-6,8-11,16,18H2,1-2H3,(H,39,40)(H,32,34,38)/t30-/m1/s1. The van der Waals surface area contributed by atoms with Crippen molar-refractivity contribution in [3.05, 3.63) is 76.3 Å². The SMILES string of the molecule is COCCOCc1cn(CCOc2cc3c(cc2Oc2ccc(C(=O)O)c(F)c2)[C@@](C)(CC(=O)Nc2nccs2)NCC3)nn1. The summed E-state index contributed by atoms with van der Waals surface area (Å²) < 4.78 is 38.9. The Labute approximate surface area is 262 Å². The predicted molar refractivity (Wildman–Crippen MR) is 161 cm³/mol. The molecule has 5 rings (SSSR count). The first-order chi connectivity index (χ1) is 21.7. The maximum absolute atomic E-state index is 14.5. The summed E-state index contributed by atoms with van der Waals surface area (Å²) in [5.41, 5.74) is 1.23. The number of aromatic nitrogens is 4. The summed E-state index contributed by atoms with van der Waals surface area (Å²) in [4.78, 5) is 28.4. The van der Waals surface area contributed by atoms with Gasteiger partial charge >= 0.3 is 5.97 Å². The Morgan fingerprint density at radius 2 is 2.07 bits per heavy atom. The highest BCUT2D eigenvalue weighted by molar-refractivity contribution is 7.13. The molecule has 1 amide bonds. The van der Waals surface area contributed by atoms with Crippen molar-refractivity contribution in [3.63, 3.8) is 0 Å². The largest absolute Gasteiger partial charge is 0.488 e. The topological polar surface area (TPSA) is 159 Å². The Kier molecular flexibility index (Phi) is 10.3. The zero-order chi connectivity index (χ0) is 31.8. The van der Waals surface area contributed by atoms with Gasteiger partial charge in [0.25, 0.3) is 0 Å². The number of nitrogens with zero attached hydrogens (tertiary/aromatic N) is 4. The van der Waals surface area contributed by atoms with E-state index in [1.807, 2.05) is 13.0 Å². The molecule has 0 radical (unpaired) electrons. The number of methoxy groups -OCH3 is 1. The van der Waals surface area contributed by atoms with Crippen molar-refractivity contribution >= 4 is 28.3 Å². The third-order valence-corrected chi connectivity index (χ3v) is 7.80. The van der Waals surface area contributed by atoms with Crippen LogP contribution >= 0.6 is 11.3 Å². The second kappa shape index (κ2) is 14.6. The first kappa shape index (κ1) is 32.0. The molecule has 1 atom stereocenters. The minimum Gasteiger partial charge on any atom is -0.488 e. The van der Waals surface area contributed by atoms with Crippen LogP contribution in [0.15, 0.2) is 48.1 Å². The monoisotopic (exact) mass is 640 g/mol. The van der Waals surface area contributed by atoms with Crippen LogP contribution in [-0.4, -0.2) is 70.4 Å². The lowest BCUT2D eigenvalue weighted by Gasteiger charge is -2.37. The van der Waals surface area contributed by atoms with Gasteiger partial charge in [0.1, 0.15) is 23.9 Å². The van der Waals surface area contributed by atoms with Gasteiger partial charge in [0, 0.05) is 43.3 Å². The second-order valence-corrected chi connectivity index (χ2v) is 11.3.